The van der Waals surface area contributed by atoms with Crippen LogP contribution < -0.4 is 24.8 Å². The fourth-order valence-electron chi connectivity index (χ4n) is 4.69. The molecular formula is C24H32ClN5O4S. The molecule has 2 unspecified atom stereocenters. The van der Waals surface area contributed by atoms with Gasteiger partial charge in [-0.25, -0.2) is 8.42 Å². The molecule has 2 fully saturated rings. The van der Waals surface area contributed by atoms with E-state index in [9.17, 15) is 13.2 Å². The van der Waals surface area contributed by atoms with Crippen LogP contribution in [-0.2, 0) is 14.8 Å². The fraction of sp³-hybridized carbons (Fsp3) is 0.458. The predicted molar refractivity (Wildman–Crippen MR) is 138 cm³/mol. The highest BCUT2D eigenvalue weighted by Crippen LogP contribution is 2.28. The van der Waals surface area contributed by atoms with Crippen LogP contribution in [0.5, 0.6) is 5.75 Å². The summed E-state index contributed by atoms with van der Waals surface area (Å²) in [6.45, 7) is 5.73. The van der Waals surface area contributed by atoms with E-state index in [1.165, 1.54) is 4.31 Å². The van der Waals surface area contributed by atoms with Crippen molar-refractivity contribution in [3.63, 3.8) is 0 Å². The number of ether oxygens (including phenoxy) is 1. The van der Waals surface area contributed by atoms with E-state index >= 15 is 0 Å². The van der Waals surface area contributed by atoms with E-state index in [2.05, 4.69) is 15.8 Å². The zero-order chi connectivity index (χ0) is 25.2. The maximum atomic E-state index is 13.8. The highest BCUT2D eigenvalue weighted by Gasteiger charge is 2.44. The first kappa shape index (κ1) is 25.6. The van der Waals surface area contributed by atoms with Crippen molar-refractivity contribution in [2.24, 2.45) is 0 Å². The van der Waals surface area contributed by atoms with Gasteiger partial charge in [0.25, 0.3) is 0 Å². The summed E-state index contributed by atoms with van der Waals surface area (Å²) >= 11 is 5.99. The van der Waals surface area contributed by atoms with Crippen molar-refractivity contribution in [2.75, 3.05) is 49.0 Å². The summed E-state index contributed by atoms with van der Waals surface area (Å²) in [6.07, 6.45) is 0. The maximum absolute atomic E-state index is 13.8. The number of rotatable bonds is 7. The minimum atomic E-state index is -3.87. The van der Waals surface area contributed by atoms with E-state index in [4.69, 9.17) is 16.3 Å². The number of nitrogens with zero attached hydrogens (tertiary/aromatic N) is 3. The average molecular weight is 522 g/mol. The molecule has 0 aromatic heterocycles. The number of amides is 1. The van der Waals surface area contributed by atoms with E-state index < -0.39 is 15.3 Å². The highest BCUT2D eigenvalue weighted by atomic mass is 35.5. The molecule has 4 rings (SSSR count). The van der Waals surface area contributed by atoms with Gasteiger partial charge < -0.3 is 14.5 Å². The minimum Gasteiger partial charge on any atom is -0.497 e. The van der Waals surface area contributed by atoms with Gasteiger partial charge in [0.05, 0.1) is 12.8 Å². The second-order valence-electron chi connectivity index (χ2n) is 8.92. The Kier molecular flexibility index (Phi) is 7.75. The highest BCUT2D eigenvalue weighted by molar-refractivity contribution is 7.93. The third-order valence-corrected chi connectivity index (χ3v) is 9.35. The smallest absolute Gasteiger partial charge is 0.243 e. The molecule has 35 heavy (non-hydrogen) atoms. The third-order valence-electron chi connectivity index (χ3n) is 6.64. The summed E-state index contributed by atoms with van der Waals surface area (Å²) in [5.74, 6) is 0.390. The van der Waals surface area contributed by atoms with Crippen molar-refractivity contribution in [2.45, 2.75) is 31.2 Å². The first-order valence-electron chi connectivity index (χ1n) is 11.7. The molecule has 2 saturated heterocycles. The maximum Gasteiger partial charge on any atom is 0.243 e. The van der Waals surface area contributed by atoms with Gasteiger partial charge in [0.2, 0.25) is 15.9 Å². The number of halogens is 1. The van der Waals surface area contributed by atoms with Crippen LogP contribution in [0.15, 0.2) is 48.5 Å². The number of hydrogen-bond donors (Lipinski definition) is 2. The minimum absolute atomic E-state index is 0.223. The zero-order valence-electron chi connectivity index (χ0n) is 20.1. The van der Waals surface area contributed by atoms with Crippen LogP contribution in [0.1, 0.15) is 13.8 Å². The van der Waals surface area contributed by atoms with Crippen LogP contribution in [0.4, 0.5) is 11.4 Å². The van der Waals surface area contributed by atoms with Crippen LogP contribution in [0.3, 0.4) is 0 Å². The van der Waals surface area contributed by atoms with Gasteiger partial charge in [-0.1, -0.05) is 11.6 Å². The number of sulfonamides is 1. The molecule has 11 heteroatoms. The molecule has 2 aliphatic rings. The summed E-state index contributed by atoms with van der Waals surface area (Å²) < 4.78 is 34.1. The summed E-state index contributed by atoms with van der Waals surface area (Å²) in [5, 5.41) is -0.0437. The molecule has 0 aliphatic carbocycles. The number of anilines is 2. The Hall–Kier alpha value is -2.53. The van der Waals surface area contributed by atoms with E-state index in [1.807, 2.05) is 38.1 Å². The molecule has 2 aromatic rings. The predicted octanol–water partition coefficient (Wildman–Crippen LogP) is 2.09. The number of nitrogens with one attached hydrogen (secondary N) is 2. The second kappa shape index (κ2) is 10.6. The lowest BCUT2D eigenvalue weighted by molar-refractivity contribution is -0.129. The molecule has 0 saturated carbocycles. The van der Waals surface area contributed by atoms with Crippen molar-refractivity contribution in [1.82, 2.24) is 15.8 Å². The molecule has 0 radical (unpaired) electrons. The van der Waals surface area contributed by atoms with Gasteiger partial charge in [-0.3, -0.25) is 20.0 Å². The number of carbonyl (C=O) groups excluding carboxylic acids is 1. The molecule has 9 nitrogen and oxygen atoms in total. The average Bonchev–Trinajstić information content (AvgIpc) is 3.21. The zero-order valence-corrected chi connectivity index (χ0v) is 21.7. The van der Waals surface area contributed by atoms with Crippen molar-refractivity contribution in [3.8, 4) is 5.75 Å². The molecule has 190 valence electrons. The van der Waals surface area contributed by atoms with E-state index in [-0.39, 0.29) is 24.5 Å². The number of carbonyl (C=O) groups is 1. The molecule has 1 amide bonds. The van der Waals surface area contributed by atoms with Gasteiger partial charge >= 0.3 is 0 Å². The van der Waals surface area contributed by atoms with Gasteiger partial charge in [-0.05, 0) is 62.4 Å². The first-order chi connectivity index (χ1) is 16.7. The fourth-order valence-corrected chi connectivity index (χ4v) is 6.98. The lowest BCUT2D eigenvalue weighted by Gasteiger charge is -2.37. The van der Waals surface area contributed by atoms with Crippen molar-refractivity contribution in [1.29, 1.82) is 0 Å². The topological polar surface area (TPSA) is 94.2 Å². The van der Waals surface area contributed by atoms with E-state index in [1.54, 1.807) is 36.3 Å². The molecule has 2 atom stereocenters. The molecule has 2 N–H and O–H groups in total. The molecule has 2 aromatic carbocycles. The number of methoxy groups -OCH3 is 1. The Morgan fingerprint density at radius 3 is 2.11 bits per heavy atom. The number of piperazine rings is 1. The largest absolute Gasteiger partial charge is 0.497 e. The SMILES string of the molecule is COc1ccc(N(CC(=O)N2CCN(c3ccc(Cl)cc3)CC2)S(=O)(=O)C2C(C)NNC2C)cc1. The van der Waals surface area contributed by atoms with Gasteiger partial charge in [0, 0.05) is 49.0 Å². The Morgan fingerprint density at radius 1 is 1.00 bits per heavy atom. The quantitative estimate of drug-likeness (QED) is 0.576. The standard InChI is InChI=1S/C24H32ClN5O4S/c1-17-24(18(2)27-26-17)35(32,33)30(21-8-10-22(34-3)11-9-21)16-23(31)29-14-12-28(13-15-29)20-6-4-19(25)5-7-20/h4-11,17-18,24,26-27H,12-16H2,1-3H3. The van der Waals surface area contributed by atoms with Gasteiger partial charge in [-0.15, -0.1) is 0 Å². The Labute approximate surface area is 212 Å². The summed E-state index contributed by atoms with van der Waals surface area (Å²) in [6, 6.07) is 13.7. The van der Waals surface area contributed by atoms with Crippen molar-refractivity contribution in [3.05, 3.63) is 53.6 Å². The van der Waals surface area contributed by atoms with E-state index in [0.29, 0.717) is 42.6 Å². The molecule has 0 spiro atoms. The second-order valence-corrected chi connectivity index (χ2v) is 11.4. The van der Waals surface area contributed by atoms with Crippen molar-refractivity contribution >= 4 is 38.9 Å². The molecule has 2 aliphatic heterocycles. The van der Waals surface area contributed by atoms with Crippen LogP contribution in [0, 0.1) is 0 Å². The Bertz CT molecular complexity index is 1110. The summed E-state index contributed by atoms with van der Waals surface area (Å²) in [7, 11) is -2.31. The third kappa shape index (κ3) is 5.50. The van der Waals surface area contributed by atoms with Gasteiger partial charge in [-0.2, -0.15) is 0 Å². The molecular weight excluding hydrogens is 490 g/mol. The summed E-state index contributed by atoms with van der Waals surface area (Å²) in [5.41, 5.74) is 7.50. The number of hydrazine groups is 1. The van der Waals surface area contributed by atoms with Crippen molar-refractivity contribution < 1.29 is 17.9 Å². The van der Waals surface area contributed by atoms with Gasteiger partial charge in [0.15, 0.2) is 0 Å². The Balaban J connectivity index is 1.52. The molecule has 0 bridgehead atoms. The van der Waals surface area contributed by atoms with Crippen LogP contribution >= 0.6 is 11.6 Å². The van der Waals surface area contributed by atoms with E-state index in [0.717, 1.165) is 5.69 Å². The molecule has 2 heterocycles. The van der Waals surface area contributed by atoms with Crippen LogP contribution in [0.2, 0.25) is 5.02 Å². The van der Waals surface area contributed by atoms with Crippen LogP contribution in [-0.4, -0.2) is 76.4 Å². The lowest BCUT2D eigenvalue weighted by atomic mass is 10.2. The Morgan fingerprint density at radius 2 is 1.57 bits per heavy atom. The normalized spacial score (nSPS) is 22.8. The number of benzene rings is 2. The summed E-state index contributed by atoms with van der Waals surface area (Å²) in [4.78, 5) is 17.3. The first-order valence-corrected chi connectivity index (χ1v) is 13.5. The monoisotopic (exact) mass is 521 g/mol. The lowest BCUT2D eigenvalue weighted by Crippen LogP contribution is -2.54. The number of hydrogen-bond acceptors (Lipinski definition) is 7. The van der Waals surface area contributed by atoms with Gasteiger partial charge in [0.1, 0.15) is 17.5 Å². The van der Waals surface area contributed by atoms with Crippen LogP contribution in [0.25, 0.3) is 0 Å².